The van der Waals surface area contributed by atoms with E-state index in [9.17, 15) is 14.9 Å². The fourth-order valence-electron chi connectivity index (χ4n) is 2.72. The van der Waals surface area contributed by atoms with Crippen LogP contribution in [0.1, 0.15) is 11.6 Å². The van der Waals surface area contributed by atoms with E-state index in [-0.39, 0.29) is 5.69 Å². The number of ether oxygens (including phenoxy) is 1. The highest BCUT2D eigenvalue weighted by Gasteiger charge is 2.26. The molecular weight excluding hydrogens is 332 g/mol. The van der Waals surface area contributed by atoms with Crippen molar-refractivity contribution in [1.29, 1.82) is 0 Å². The molecule has 0 amide bonds. The Balaban J connectivity index is 2.20. The first-order chi connectivity index (χ1) is 11.5. The van der Waals surface area contributed by atoms with E-state index < -0.39 is 16.9 Å². The van der Waals surface area contributed by atoms with E-state index in [1.807, 2.05) is 0 Å². The van der Waals surface area contributed by atoms with Crippen molar-refractivity contribution in [3.05, 3.63) is 75.4 Å². The number of carbonyl (C=O) groups excluding carboxylic acids is 1. The van der Waals surface area contributed by atoms with E-state index in [1.165, 1.54) is 13.2 Å². The molecule has 1 heterocycles. The molecule has 0 fully saturated rings. The molecule has 24 heavy (non-hydrogen) atoms. The lowest BCUT2D eigenvalue weighted by Crippen LogP contribution is -2.21. The number of hydrogen-bond donors (Lipinski definition) is 0. The van der Waals surface area contributed by atoms with Gasteiger partial charge in [-0.3, -0.25) is 10.1 Å². The minimum atomic E-state index is -0.758. The number of esters is 1. The van der Waals surface area contributed by atoms with Crippen molar-refractivity contribution >= 4 is 34.2 Å². The van der Waals surface area contributed by atoms with E-state index in [1.54, 1.807) is 53.2 Å². The molecule has 3 aromatic rings. The fourth-order valence-corrected chi connectivity index (χ4v) is 2.85. The lowest BCUT2D eigenvalue weighted by Gasteiger charge is -2.18. The summed E-state index contributed by atoms with van der Waals surface area (Å²) in [7, 11) is 1.30. The van der Waals surface area contributed by atoms with Crippen LogP contribution in [0.4, 0.5) is 5.69 Å². The van der Waals surface area contributed by atoms with Crippen LogP contribution in [0.25, 0.3) is 10.9 Å². The van der Waals surface area contributed by atoms with Crippen LogP contribution in [0.2, 0.25) is 5.02 Å². The lowest BCUT2D eigenvalue weighted by molar-refractivity contribution is -0.383. The molecule has 122 valence electrons. The lowest BCUT2D eigenvalue weighted by atomic mass is 10.1. The molecule has 0 aliphatic heterocycles. The molecule has 0 saturated carbocycles. The third kappa shape index (κ3) is 2.72. The van der Waals surface area contributed by atoms with Crippen LogP contribution in [-0.4, -0.2) is 22.6 Å². The quantitative estimate of drug-likeness (QED) is 0.408. The third-order valence-electron chi connectivity index (χ3n) is 3.83. The van der Waals surface area contributed by atoms with Crippen LogP contribution < -0.4 is 0 Å². The van der Waals surface area contributed by atoms with Crippen molar-refractivity contribution in [3.63, 3.8) is 0 Å². The summed E-state index contributed by atoms with van der Waals surface area (Å²) in [5.41, 5.74) is 1.25. The maximum atomic E-state index is 12.3. The summed E-state index contributed by atoms with van der Waals surface area (Å²) in [6.07, 6.45) is 1.65. The second kappa shape index (κ2) is 6.33. The topological polar surface area (TPSA) is 74.4 Å². The molecule has 6 nitrogen and oxygen atoms in total. The van der Waals surface area contributed by atoms with Gasteiger partial charge in [0.1, 0.15) is 0 Å². The SMILES string of the molecule is COC(=O)C(c1ccc(Cl)cc1)n1ccc2c([N+](=O)[O-])cccc21. The van der Waals surface area contributed by atoms with Gasteiger partial charge in [0.2, 0.25) is 0 Å². The van der Waals surface area contributed by atoms with Crippen molar-refractivity contribution in [2.75, 3.05) is 7.11 Å². The smallest absolute Gasteiger partial charge is 0.333 e. The van der Waals surface area contributed by atoms with Crippen LogP contribution in [0.5, 0.6) is 0 Å². The highest BCUT2D eigenvalue weighted by atomic mass is 35.5. The number of methoxy groups -OCH3 is 1. The Kier molecular flexibility index (Phi) is 4.22. The number of hydrogen-bond acceptors (Lipinski definition) is 4. The number of benzene rings is 2. The standard InChI is InChI=1S/C17H13ClN2O4/c1-24-17(21)16(11-5-7-12(18)8-6-11)19-10-9-13-14(19)3-2-4-15(13)20(22)23/h2-10,16H,1H3. The first kappa shape index (κ1) is 16.0. The molecule has 0 spiro atoms. The van der Waals surface area contributed by atoms with Crippen molar-refractivity contribution in [2.24, 2.45) is 0 Å². The van der Waals surface area contributed by atoms with Crippen molar-refractivity contribution in [3.8, 4) is 0 Å². The number of halogens is 1. The first-order valence-corrected chi connectivity index (χ1v) is 7.48. The van der Waals surface area contributed by atoms with Crippen LogP contribution in [-0.2, 0) is 9.53 Å². The maximum absolute atomic E-state index is 12.3. The van der Waals surface area contributed by atoms with Gasteiger partial charge in [-0.05, 0) is 29.8 Å². The number of non-ortho nitro benzene ring substituents is 1. The Morgan fingerprint density at radius 3 is 2.54 bits per heavy atom. The van der Waals surface area contributed by atoms with Gasteiger partial charge in [0.15, 0.2) is 6.04 Å². The highest BCUT2D eigenvalue weighted by molar-refractivity contribution is 6.30. The van der Waals surface area contributed by atoms with Crippen LogP contribution in [0, 0.1) is 10.1 Å². The summed E-state index contributed by atoms with van der Waals surface area (Å²) in [6.45, 7) is 0. The summed E-state index contributed by atoms with van der Waals surface area (Å²) in [4.78, 5) is 23.1. The number of fused-ring (bicyclic) bond motifs is 1. The fraction of sp³-hybridized carbons (Fsp3) is 0.118. The molecule has 0 aliphatic carbocycles. The molecular formula is C17H13ClN2O4. The second-order valence-corrected chi connectivity index (χ2v) is 5.60. The average molecular weight is 345 g/mol. The molecule has 1 atom stereocenters. The van der Waals surface area contributed by atoms with Gasteiger partial charge in [-0.25, -0.2) is 4.79 Å². The number of aromatic nitrogens is 1. The first-order valence-electron chi connectivity index (χ1n) is 7.10. The van der Waals surface area contributed by atoms with E-state index in [0.29, 0.717) is 21.5 Å². The molecule has 3 rings (SSSR count). The summed E-state index contributed by atoms with van der Waals surface area (Å²) in [6, 6.07) is 12.4. The van der Waals surface area contributed by atoms with Crippen LogP contribution >= 0.6 is 11.6 Å². The van der Waals surface area contributed by atoms with Gasteiger partial charge < -0.3 is 9.30 Å². The largest absolute Gasteiger partial charge is 0.467 e. The maximum Gasteiger partial charge on any atom is 0.333 e. The highest BCUT2D eigenvalue weighted by Crippen LogP contribution is 2.31. The van der Waals surface area contributed by atoms with Gasteiger partial charge in [-0.2, -0.15) is 0 Å². The summed E-state index contributed by atoms with van der Waals surface area (Å²) in [5.74, 6) is -0.471. The summed E-state index contributed by atoms with van der Waals surface area (Å²) >= 11 is 5.91. The Hall–Kier alpha value is -2.86. The zero-order valence-corrected chi connectivity index (χ0v) is 13.4. The zero-order valence-electron chi connectivity index (χ0n) is 12.7. The molecule has 0 saturated heterocycles. The Morgan fingerprint density at radius 2 is 1.92 bits per heavy atom. The molecule has 0 aliphatic rings. The molecule has 2 aromatic carbocycles. The summed E-state index contributed by atoms with van der Waals surface area (Å²) < 4.78 is 6.58. The molecule has 0 bridgehead atoms. The van der Waals surface area contributed by atoms with Crippen LogP contribution in [0.3, 0.4) is 0 Å². The summed E-state index contributed by atoms with van der Waals surface area (Å²) in [5, 5.41) is 12.2. The minimum absolute atomic E-state index is 0.00836. The number of carbonyl (C=O) groups is 1. The number of nitrogens with zero attached hydrogens (tertiary/aromatic N) is 2. The van der Waals surface area contributed by atoms with E-state index >= 15 is 0 Å². The Morgan fingerprint density at radius 1 is 1.21 bits per heavy atom. The normalized spacial score (nSPS) is 12.1. The van der Waals surface area contributed by atoms with Crippen molar-refractivity contribution in [1.82, 2.24) is 4.57 Å². The van der Waals surface area contributed by atoms with Gasteiger partial charge in [0, 0.05) is 17.3 Å². The molecule has 0 radical (unpaired) electrons. The predicted octanol–water partition coefficient (Wildman–Crippen LogP) is 3.97. The monoisotopic (exact) mass is 344 g/mol. The van der Waals surface area contributed by atoms with Gasteiger partial charge in [-0.15, -0.1) is 0 Å². The van der Waals surface area contributed by atoms with Gasteiger partial charge >= 0.3 is 5.97 Å². The van der Waals surface area contributed by atoms with Gasteiger partial charge in [0.05, 0.1) is 22.9 Å². The van der Waals surface area contributed by atoms with E-state index in [2.05, 4.69) is 0 Å². The third-order valence-corrected chi connectivity index (χ3v) is 4.08. The minimum Gasteiger partial charge on any atom is -0.467 e. The predicted molar refractivity (Wildman–Crippen MR) is 90.2 cm³/mol. The van der Waals surface area contributed by atoms with E-state index in [4.69, 9.17) is 16.3 Å². The Labute approximate surface area is 142 Å². The molecule has 1 unspecified atom stereocenters. The van der Waals surface area contributed by atoms with E-state index in [0.717, 1.165) is 0 Å². The number of nitro benzene ring substituents is 1. The molecule has 0 N–H and O–H groups in total. The number of nitro groups is 1. The van der Waals surface area contributed by atoms with Gasteiger partial charge in [0.25, 0.3) is 5.69 Å². The molecule has 7 heteroatoms. The van der Waals surface area contributed by atoms with Crippen LogP contribution in [0.15, 0.2) is 54.7 Å². The molecule has 1 aromatic heterocycles. The second-order valence-electron chi connectivity index (χ2n) is 5.17. The Bertz CT molecular complexity index is 918. The van der Waals surface area contributed by atoms with Crippen molar-refractivity contribution < 1.29 is 14.5 Å². The van der Waals surface area contributed by atoms with Gasteiger partial charge in [-0.1, -0.05) is 29.8 Å². The zero-order chi connectivity index (χ0) is 17.3. The number of rotatable bonds is 4. The van der Waals surface area contributed by atoms with Crippen molar-refractivity contribution in [2.45, 2.75) is 6.04 Å². The average Bonchev–Trinajstić information content (AvgIpc) is 3.00.